The highest BCUT2D eigenvalue weighted by Crippen LogP contribution is 2.17. The van der Waals surface area contributed by atoms with Crippen molar-refractivity contribution in [2.75, 3.05) is 20.6 Å². The normalized spacial score (nSPS) is 26.2. The van der Waals surface area contributed by atoms with Gasteiger partial charge in [0.15, 0.2) is 0 Å². The van der Waals surface area contributed by atoms with E-state index in [-0.39, 0.29) is 18.1 Å². The van der Waals surface area contributed by atoms with Crippen LogP contribution >= 0.6 is 0 Å². The summed E-state index contributed by atoms with van der Waals surface area (Å²) >= 11 is 0. The van der Waals surface area contributed by atoms with Gasteiger partial charge in [-0.1, -0.05) is 19.3 Å². The second-order valence-corrected chi connectivity index (χ2v) is 4.80. The highest BCUT2D eigenvalue weighted by atomic mass is 16.3. The average Bonchev–Trinajstić information content (AvgIpc) is 2.44. The first kappa shape index (κ1) is 13.5. The monoisotopic (exact) mass is 228 g/mol. The minimum atomic E-state index is -0.239. The zero-order valence-corrected chi connectivity index (χ0v) is 10.4. The molecule has 94 valence electrons. The van der Waals surface area contributed by atoms with Crippen LogP contribution in [0.25, 0.3) is 0 Å². The van der Waals surface area contributed by atoms with Gasteiger partial charge < -0.3 is 15.3 Å². The Morgan fingerprint density at radius 1 is 1.31 bits per heavy atom. The van der Waals surface area contributed by atoms with Crippen molar-refractivity contribution >= 4 is 5.91 Å². The molecular weight excluding hydrogens is 204 g/mol. The number of rotatable bonds is 4. The van der Waals surface area contributed by atoms with E-state index in [0.29, 0.717) is 13.0 Å². The Bertz CT molecular complexity index is 219. The van der Waals surface area contributed by atoms with Gasteiger partial charge in [0, 0.05) is 33.1 Å². The van der Waals surface area contributed by atoms with Gasteiger partial charge in [-0.2, -0.15) is 0 Å². The van der Waals surface area contributed by atoms with Crippen LogP contribution in [-0.2, 0) is 4.79 Å². The van der Waals surface area contributed by atoms with E-state index in [4.69, 9.17) is 0 Å². The predicted molar refractivity (Wildman–Crippen MR) is 64.2 cm³/mol. The van der Waals surface area contributed by atoms with Crippen LogP contribution in [0.2, 0.25) is 0 Å². The van der Waals surface area contributed by atoms with E-state index in [1.54, 1.807) is 19.0 Å². The van der Waals surface area contributed by atoms with E-state index < -0.39 is 0 Å². The summed E-state index contributed by atoms with van der Waals surface area (Å²) in [7, 11) is 3.53. The minimum absolute atomic E-state index is 0.135. The van der Waals surface area contributed by atoms with Crippen LogP contribution in [0, 0.1) is 0 Å². The molecule has 0 spiro atoms. The summed E-state index contributed by atoms with van der Waals surface area (Å²) in [5.41, 5.74) is 0. The number of aliphatic hydroxyl groups is 1. The lowest BCUT2D eigenvalue weighted by molar-refractivity contribution is -0.128. The van der Waals surface area contributed by atoms with Crippen molar-refractivity contribution in [3.05, 3.63) is 0 Å². The topological polar surface area (TPSA) is 52.6 Å². The molecule has 0 heterocycles. The number of carbonyl (C=O) groups excluding carboxylic acids is 1. The van der Waals surface area contributed by atoms with E-state index in [1.165, 1.54) is 12.8 Å². The highest BCUT2D eigenvalue weighted by Gasteiger charge is 2.20. The smallest absolute Gasteiger partial charge is 0.223 e. The number of aliphatic hydroxyl groups excluding tert-OH is 1. The zero-order chi connectivity index (χ0) is 12.0. The molecule has 0 radical (unpaired) electrons. The Morgan fingerprint density at radius 2 is 2.00 bits per heavy atom. The van der Waals surface area contributed by atoms with Crippen molar-refractivity contribution in [3.8, 4) is 0 Å². The molecule has 2 unspecified atom stereocenters. The molecule has 1 fully saturated rings. The molecule has 2 atom stereocenters. The third-order valence-electron chi connectivity index (χ3n) is 3.22. The van der Waals surface area contributed by atoms with E-state index >= 15 is 0 Å². The minimum Gasteiger partial charge on any atom is -0.392 e. The Labute approximate surface area is 98.0 Å². The maximum absolute atomic E-state index is 11.4. The summed E-state index contributed by atoms with van der Waals surface area (Å²) in [5.74, 6) is 0.135. The van der Waals surface area contributed by atoms with Gasteiger partial charge in [-0.15, -0.1) is 0 Å². The van der Waals surface area contributed by atoms with E-state index in [0.717, 1.165) is 19.3 Å². The van der Waals surface area contributed by atoms with Gasteiger partial charge in [-0.05, 0) is 12.8 Å². The molecule has 0 aromatic rings. The summed E-state index contributed by atoms with van der Waals surface area (Å²) in [5, 5.41) is 13.2. The van der Waals surface area contributed by atoms with Crippen LogP contribution in [0.15, 0.2) is 0 Å². The lowest BCUT2D eigenvalue weighted by Crippen LogP contribution is -2.40. The molecule has 4 nitrogen and oxygen atoms in total. The molecular formula is C12H24N2O2. The zero-order valence-electron chi connectivity index (χ0n) is 10.4. The number of nitrogens with one attached hydrogen (secondary N) is 1. The third-order valence-corrected chi connectivity index (χ3v) is 3.22. The van der Waals surface area contributed by atoms with Crippen LogP contribution in [0.3, 0.4) is 0 Å². The SMILES string of the molecule is CN(C)C(=O)CCNC1CCCCCC1O. The van der Waals surface area contributed by atoms with Gasteiger partial charge in [0.25, 0.3) is 0 Å². The van der Waals surface area contributed by atoms with Gasteiger partial charge in [-0.3, -0.25) is 4.79 Å². The number of carbonyl (C=O) groups is 1. The van der Waals surface area contributed by atoms with Gasteiger partial charge in [0.2, 0.25) is 5.91 Å². The fraction of sp³-hybridized carbons (Fsp3) is 0.917. The van der Waals surface area contributed by atoms with Crippen LogP contribution < -0.4 is 5.32 Å². The Kier molecular flexibility index (Phi) is 5.77. The van der Waals surface area contributed by atoms with Gasteiger partial charge >= 0.3 is 0 Å². The molecule has 1 saturated carbocycles. The molecule has 1 aliphatic rings. The van der Waals surface area contributed by atoms with Gasteiger partial charge in [0.1, 0.15) is 0 Å². The van der Waals surface area contributed by atoms with Crippen molar-refractivity contribution < 1.29 is 9.90 Å². The lowest BCUT2D eigenvalue weighted by Gasteiger charge is -2.22. The van der Waals surface area contributed by atoms with Crippen molar-refractivity contribution in [2.45, 2.75) is 50.7 Å². The van der Waals surface area contributed by atoms with Gasteiger partial charge in [-0.25, -0.2) is 0 Å². The standard InChI is InChI=1S/C12H24N2O2/c1-14(2)12(16)8-9-13-10-6-4-3-5-7-11(10)15/h10-11,13,15H,3-9H2,1-2H3. The second-order valence-electron chi connectivity index (χ2n) is 4.80. The number of hydrogen-bond acceptors (Lipinski definition) is 3. The quantitative estimate of drug-likeness (QED) is 0.698. The predicted octanol–water partition coefficient (Wildman–Crippen LogP) is 0.748. The Morgan fingerprint density at radius 3 is 2.69 bits per heavy atom. The van der Waals surface area contributed by atoms with Crippen LogP contribution in [0.5, 0.6) is 0 Å². The summed E-state index contributed by atoms with van der Waals surface area (Å²) < 4.78 is 0. The van der Waals surface area contributed by atoms with Crippen LogP contribution in [-0.4, -0.2) is 48.7 Å². The first-order valence-corrected chi connectivity index (χ1v) is 6.23. The van der Waals surface area contributed by atoms with Crippen LogP contribution in [0.1, 0.15) is 38.5 Å². The maximum atomic E-state index is 11.4. The fourth-order valence-electron chi connectivity index (χ4n) is 2.11. The number of nitrogens with zero attached hydrogens (tertiary/aromatic N) is 1. The molecule has 1 amide bonds. The molecule has 2 N–H and O–H groups in total. The summed E-state index contributed by atoms with van der Waals surface area (Å²) in [6.45, 7) is 0.665. The molecule has 4 heteroatoms. The summed E-state index contributed by atoms with van der Waals surface area (Å²) in [6.07, 6.45) is 5.70. The largest absolute Gasteiger partial charge is 0.392 e. The first-order chi connectivity index (χ1) is 7.61. The van der Waals surface area contributed by atoms with Crippen LogP contribution in [0.4, 0.5) is 0 Å². The molecule has 1 aliphatic carbocycles. The molecule has 0 bridgehead atoms. The lowest BCUT2D eigenvalue weighted by atomic mass is 10.1. The van der Waals surface area contributed by atoms with Crippen molar-refractivity contribution in [1.29, 1.82) is 0 Å². The van der Waals surface area contributed by atoms with E-state index in [9.17, 15) is 9.90 Å². The first-order valence-electron chi connectivity index (χ1n) is 6.23. The molecule has 0 aliphatic heterocycles. The molecule has 1 rings (SSSR count). The summed E-state index contributed by atoms with van der Waals surface area (Å²) in [4.78, 5) is 13.0. The highest BCUT2D eigenvalue weighted by molar-refractivity contribution is 5.75. The van der Waals surface area contributed by atoms with Crippen molar-refractivity contribution in [1.82, 2.24) is 10.2 Å². The second kappa shape index (κ2) is 6.86. The fourth-order valence-corrected chi connectivity index (χ4v) is 2.11. The van der Waals surface area contributed by atoms with Gasteiger partial charge in [0.05, 0.1) is 6.10 Å². The Balaban J connectivity index is 2.22. The summed E-state index contributed by atoms with van der Waals surface area (Å²) in [6, 6.07) is 0.178. The molecule has 0 aromatic heterocycles. The van der Waals surface area contributed by atoms with Crippen molar-refractivity contribution in [2.24, 2.45) is 0 Å². The molecule has 0 saturated heterocycles. The Hall–Kier alpha value is -0.610. The van der Waals surface area contributed by atoms with E-state index in [2.05, 4.69) is 5.32 Å². The third kappa shape index (κ3) is 4.49. The molecule has 16 heavy (non-hydrogen) atoms. The number of amides is 1. The number of hydrogen-bond donors (Lipinski definition) is 2. The average molecular weight is 228 g/mol. The maximum Gasteiger partial charge on any atom is 0.223 e. The van der Waals surface area contributed by atoms with E-state index in [1.807, 2.05) is 0 Å². The molecule has 0 aromatic carbocycles. The van der Waals surface area contributed by atoms with Crippen molar-refractivity contribution in [3.63, 3.8) is 0 Å².